The molecule has 0 amide bonds. The smallest absolute Gasteiger partial charge is 0.101 e. The zero-order chi connectivity index (χ0) is 9.68. The van der Waals surface area contributed by atoms with Gasteiger partial charge >= 0.3 is 0 Å². The van der Waals surface area contributed by atoms with E-state index in [1.54, 1.807) is 12.1 Å². The van der Waals surface area contributed by atoms with E-state index in [0.29, 0.717) is 16.5 Å². The van der Waals surface area contributed by atoms with Crippen molar-refractivity contribution in [2.24, 2.45) is 0 Å². The summed E-state index contributed by atoms with van der Waals surface area (Å²) in [6.45, 7) is 0. The third kappa shape index (κ3) is 2.77. The van der Waals surface area contributed by atoms with Crippen LogP contribution >= 0.6 is 23.2 Å². The van der Waals surface area contributed by atoms with Crippen LogP contribution in [-0.4, -0.2) is 5.88 Å². The largest absolute Gasteiger partial charge is 0.192 e. The molecule has 13 heavy (non-hydrogen) atoms. The molecule has 0 saturated heterocycles. The highest BCUT2D eigenvalue weighted by molar-refractivity contribution is 6.31. The summed E-state index contributed by atoms with van der Waals surface area (Å²) in [4.78, 5) is 0. The second-order valence-corrected chi connectivity index (χ2v) is 3.12. The first-order valence-corrected chi connectivity index (χ1v) is 4.61. The Morgan fingerprint density at radius 2 is 2.23 bits per heavy atom. The predicted molar refractivity (Wildman–Crippen MR) is 55.9 cm³/mol. The quantitative estimate of drug-likeness (QED) is 0.688. The second-order valence-electron chi connectivity index (χ2n) is 2.41. The topological polar surface area (TPSA) is 23.8 Å². The Kier molecular flexibility index (Phi) is 3.82. The van der Waals surface area contributed by atoms with Gasteiger partial charge in [-0.3, -0.25) is 0 Å². The van der Waals surface area contributed by atoms with Crippen LogP contribution in [0.15, 0.2) is 24.3 Å². The molecule has 0 spiro atoms. The molecule has 0 atom stereocenters. The summed E-state index contributed by atoms with van der Waals surface area (Å²) in [5.74, 6) is 0.470. The van der Waals surface area contributed by atoms with E-state index < -0.39 is 0 Å². The van der Waals surface area contributed by atoms with Gasteiger partial charge < -0.3 is 0 Å². The molecule has 0 aliphatic heterocycles. The molecule has 0 radical (unpaired) electrons. The van der Waals surface area contributed by atoms with Crippen molar-refractivity contribution in [1.29, 1.82) is 5.26 Å². The van der Waals surface area contributed by atoms with Crippen molar-refractivity contribution in [3.63, 3.8) is 0 Å². The number of halogens is 2. The van der Waals surface area contributed by atoms with Crippen LogP contribution in [0.4, 0.5) is 0 Å². The molecule has 0 heterocycles. The van der Waals surface area contributed by atoms with Crippen molar-refractivity contribution in [3.8, 4) is 6.07 Å². The molecular weight excluding hydrogens is 205 g/mol. The Bertz CT molecular complexity index is 364. The lowest BCUT2D eigenvalue weighted by Gasteiger charge is -1.96. The van der Waals surface area contributed by atoms with Gasteiger partial charge in [0.1, 0.15) is 6.07 Å². The van der Waals surface area contributed by atoms with E-state index in [4.69, 9.17) is 28.5 Å². The highest BCUT2D eigenvalue weighted by Gasteiger charge is 1.97. The van der Waals surface area contributed by atoms with Crippen LogP contribution in [0.5, 0.6) is 0 Å². The molecule has 0 unspecified atom stereocenters. The first-order chi connectivity index (χ1) is 6.27. The Hall–Kier alpha value is -0.970. The van der Waals surface area contributed by atoms with Crippen LogP contribution < -0.4 is 0 Å². The van der Waals surface area contributed by atoms with E-state index in [2.05, 4.69) is 0 Å². The number of nitrogens with zero attached hydrogens (tertiary/aromatic N) is 1. The molecule has 1 nitrogen and oxygen atoms in total. The molecule has 1 aromatic carbocycles. The number of alkyl halides is 1. The van der Waals surface area contributed by atoms with Crippen LogP contribution in [0.2, 0.25) is 5.02 Å². The number of nitriles is 1. The molecule has 0 N–H and O–H groups in total. The van der Waals surface area contributed by atoms with E-state index in [9.17, 15) is 0 Å². The van der Waals surface area contributed by atoms with Crippen molar-refractivity contribution in [2.75, 3.05) is 5.88 Å². The van der Waals surface area contributed by atoms with E-state index in [0.717, 1.165) is 5.56 Å². The minimum Gasteiger partial charge on any atom is -0.192 e. The van der Waals surface area contributed by atoms with Crippen LogP contribution in [0.25, 0.3) is 6.08 Å². The molecule has 66 valence electrons. The van der Waals surface area contributed by atoms with Gasteiger partial charge in [-0.05, 0) is 17.7 Å². The second kappa shape index (κ2) is 4.91. The van der Waals surface area contributed by atoms with Gasteiger partial charge in [0.2, 0.25) is 0 Å². The summed E-state index contributed by atoms with van der Waals surface area (Å²) >= 11 is 11.3. The molecule has 0 saturated carbocycles. The molecule has 1 aromatic rings. The highest BCUT2D eigenvalue weighted by atomic mass is 35.5. The van der Waals surface area contributed by atoms with Crippen molar-refractivity contribution in [3.05, 3.63) is 40.4 Å². The predicted octanol–water partition coefficient (Wildman–Crippen LogP) is 3.46. The Morgan fingerprint density at radius 1 is 1.46 bits per heavy atom. The standard InChI is InChI=1S/C10H7Cl2N/c11-5-1-2-8-3-4-9(7-13)10(12)6-8/h1-4,6H,5H2. The summed E-state index contributed by atoms with van der Waals surface area (Å²) in [7, 11) is 0. The van der Waals surface area contributed by atoms with Crippen LogP contribution in [-0.2, 0) is 0 Å². The number of allylic oxidation sites excluding steroid dienone is 1. The average Bonchev–Trinajstić information content (AvgIpc) is 2.15. The normalized spacial score (nSPS) is 10.2. The van der Waals surface area contributed by atoms with Crippen molar-refractivity contribution in [2.45, 2.75) is 0 Å². The maximum Gasteiger partial charge on any atom is 0.101 e. The zero-order valence-electron chi connectivity index (χ0n) is 6.80. The van der Waals surface area contributed by atoms with Gasteiger partial charge in [-0.1, -0.05) is 29.8 Å². The SMILES string of the molecule is N#Cc1ccc(C=CCCl)cc1Cl. The first kappa shape index (κ1) is 10.1. The van der Waals surface area contributed by atoms with Gasteiger partial charge in [0.25, 0.3) is 0 Å². The van der Waals surface area contributed by atoms with Gasteiger partial charge in [0.15, 0.2) is 0 Å². The number of hydrogen-bond donors (Lipinski definition) is 0. The fraction of sp³-hybridized carbons (Fsp3) is 0.100. The highest BCUT2D eigenvalue weighted by Crippen LogP contribution is 2.17. The molecule has 0 aromatic heterocycles. The fourth-order valence-corrected chi connectivity index (χ4v) is 1.23. The van der Waals surface area contributed by atoms with E-state index >= 15 is 0 Å². The maximum atomic E-state index is 8.61. The molecule has 0 bridgehead atoms. The fourth-order valence-electron chi connectivity index (χ4n) is 0.906. The summed E-state index contributed by atoms with van der Waals surface area (Å²) in [5, 5.41) is 9.08. The summed E-state index contributed by atoms with van der Waals surface area (Å²) in [5.41, 5.74) is 1.44. The lowest BCUT2D eigenvalue weighted by Crippen LogP contribution is -1.78. The molecule has 3 heteroatoms. The summed E-state index contributed by atoms with van der Waals surface area (Å²) in [6.07, 6.45) is 3.68. The van der Waals surface area contributed by atoms with E-state index in [1.165, 1.54) is 0 Å². The Labute approximate surface area is 87.2 Å². The molecule has 0 aliphatic rings. The van der Waals surface area contributed by atoms with Crippen LogP contribution in [0.1, 0.15) is 11.1 Å². The average molecular weight is 212 g/mol. The lowest BCUT2D eigenvalue weighted by molar-refractivity contribution is 1.48. The third-order valence-corrected chi connectivity index (χ3v) is 2.00. The van der Waals surface area contributed by atoms with Crippen molar-refractivity contribution < 1.29 is 0 Å². The monoisotopic (exact) mass is 211 g/mol. The zero-order valence-corrected chi connectivity index (χ0v) is 8.31. The molecule has 1 rings (SSSR count). The number of benzene rings is 1. The maximum absolute atomic E-state index is 8.61. The van der Waals surface area contributed by atoms with Crippen molar-refractivity contribution in [1.82, 2.24) is 0 Å². The lowest BCUT2D eigenvalue weighted by atomic mass is 10.1. The first-order valence-electron chi connectivity index (χ1n) is 3.70. The number of hydrogen-bond acceptors (Lipinski definition) is 1. The minimum absolute atomic E-state index is 0.470. The van der Waals surface area contributed by atoms with Gasteiger partial charge in [-0.25, -0.2) is 0 Å². The minimum atomic E-state index is 0.470. The number of rotatable bonds is 2. The summed E-state index contributed by atoms with van der Waals surface area (Å²) < 4.78 is 0. The molecule has 0 fully saturated rings. The van der Waals surface area contributed by atoms with Gasteiger partial charge in [-0.15, -0.1) is 11.6 Å². The van der Waals surface area contributed by atoms with E-state index in [-0.39, 0.29) is 0 Å². The Balaban J connectivity index is 2.97. The van der Waals surface area contributed by atoms with Crippen LogP contribution in [0, 0.1) is 11.3 Å². The molecular formula is C10H7Cl2N. The summed E-state index contributed by atoms with van der Waals surface area (Å²) in [6, 6.07) is 7.25. The van der Waals surface area contributed by atoms with Crippen molar-refractivity contribution >= 4 is 29.3 Å². The van der Waals surface area contributed by atoms with Gasteiger partial charge in [-0.2, -0.15) is 5.26 Å². The van der Waals surface area contributed by atoms with Crippen LogP contribution in [0.3, 0.4) is 0 Å². The van der Waals surface area contributed by atoms with Gasteiger partial charge in [0, 0.05) is 5.88 Å². The van der Waals surface area contributed by atoms with E-state index in [1.807, 2.05) is 24.3 Å². The van der Waals surface area contributed by atoms with Gasteiger partial charge in [0.05, 0.1) is 10.6 Å². The Morgan fingerprint density at radius 3 is 2.77 bits per heavy atom. The molecule has 0 aliphatic carbocycles. The third-order valence-electron chi connectivity index (χ3n) is 1.51.